The molecule has 22 heavy (non-hydrogen) atoms. The molecule has 8 heteroatoms. The molecule has 118 valence electrons. The van der Waals surface area contributed by atoms with Crippen LogP contribution in [0.2, 0.25) is 0 Å². The van der Waals surface area contributed by atoms with E-state index in [0.29, 0.717) is 44.1 Å². The van der Waals surface area contributed by atoms with E-state index < -0.39 is 6.04 Å². The van der Waals surface area contributed by atoms with Crippen LogP contribution in [-0.2, 0) is 9.59 Å². The van der Waals surface area contributed by atoms with E-state index in [-0.39, 0.29) is 17.9 Å². The number of rotatable bonds is 4. The molecule has 1 N–H and O–H groups in total. The number of carbonyl (C=O) groups is 2. The molecule has 2 fully saturated rings. The SMILES string of the molecule is COc1nccnc1O[C@H]1CCN(C(=O)[C@@H]2CCC(=O)N2)C1. The normalized spacial score (nSPS) is 24.2. The first kappa shape index (κ1) is 14.6. The van der Waals surface area contributed by atoms with Gasteiger partial charge in [-0.25, -0.2) is 9.97 Å². The van der Waals surface area contributed by atoms with Crippen LogP contribution in [0, 0.1) is 0 Å². The summed E-state index contributed by atoms with van der Waals surface area (Å²) in [6, 6.07) is -0.391. The van der Waals surface area contributed by atoms with Crippen LogP contribution in [0.25, 0.3) is 0 Å². The minimum absolute atomic E-state index is 0.0388. The van der Waals surface area contributed by atoms with Gasteiger partial charge in [-0.3, -0.25) is 9.59 Å². The Bertz CT molecular complexity index is 580. The summed E-state index contributed by atoms with van der Waals surface area (Å²) in [5.74, 6) is 0.562. The first-order valence-electron chi connectivity index (χ1n) is 7.27. The summed E-state index contributed by atoms with van der Waals surface area (Å²) in [6.07, 6.45) is 4.61. The molecule has 0 bridgehead atoms. The molecule has 0 unspecified atom stereocenters. The Balaban J connectivity index is 1.58. The standard InChI is InChI=1S/C14H18N4O4/c1-21-12-13(16-6-5-15-12)22-9-4-7-18(8-9)14(20)10-2-3-11(19)17-10/h5-6,9-10H,2-4,7-8H2,1H3,(H,17,19)/t9-,10-/m0/s1. The number of hydrogen-bond acceptors (Lipinski definition) is 6. The largest absolute Gasteiger partial charge is 0.477 e. The van der Waals surface area contributed by atoms with Crippen LogP contribution in [0.1, 0.15) is 19.3 Å². The summed E-state index contributed by atoms with van der Waals surface area (Å²) in [4.78, 5) is 33.4. The Labute approximate surface area is 127 Å². The minimum Gasteiger partial charge on any atom is -0.477 e. The number of carbonyl (C=O) groups excluding carboxylic acids is 2. The number of nitrogens with one attached hydrogen (secondary N) is 1. The van der Waals surface area contributed by atoms with E-state index in [2.05, 4.69) is 15.3 Å². The van der Waals surface area contributed by atoms with Gasteiger partial charge in [-0.15, -0.1) is 0 Å². The molecular formula is C14H18N4O4. The molecule has 0 radical (unpaired) electrons. The van der Waals surface area contributed by atoms with E-state index >= 15 is 0 Å². The Hall–Kier alpha value is -2.38. The fraction of sp³-hybridized carbons (Fsp3) is 0.571. The van der Waals surface area contributed by atoms with Gasteiger partial charge in [-0.05, 0) is 6.42 Å². The van der Waals surface area contributed by atoms with Crippen molar-refractivity contribution in [2.24, 2.45) is 0 Å². The molecule has 0 spiro atoms. The molecule has 0 aromatic carbocycles. The predicted molar refractivity (Wildman–Crippen MR) is 75.4 cm³/mol. The smallest absolute Gasteiger partial charge is 0.278 e. The van der Waals surface area contributed by atoms with E-state index in [0.717, 1.165) is 0 Å². The number of nitrogens with zero attached hydrogens (tertiary/aromatic N) is 3. The molecule has 3 heterocycles. The van der Waals surface area contributed by atoms with Crippen molar-refractivity contribution in [3.8, 4) is 11.8 Å². The van der Waals surface area contributed by atoms with Crippen LogP contribution in [0.5, 0.6) is 11.8 Å². The van der Waals surface area contributed by atoms with Gasteiger partial charge in [0.2, 0.25) is 11.8 Å². The second kappa shape index (κ2) is 6.17. The van der Waals surface area contributed by atoms with Gasteiger partial charge >= 0.3 is 0 Å². The highest BCUT2D eigenvalue weighted by Crippen LogP contribution is 2.24. The van der Waals surface area contributed by atoms with Gasteiger partial charge < -0.3 is 19.7 Å². The highest BCUT2D eigenvalue weighted by molar-refractivity contribution is 5.90. The van der Waals surface area contributed by atoms with Crippen molar-refractivity contribution in [3.05, 3.63) is 12.4 Å². The van der Waals surface area contributed by atoms with Crippen molar-refractivity contribution in [2.45, 2.75) is 31.4 Å². The minimum atomic E-state index is -0.391. The zero-order chi connectivity index (χ0) is 15.5. The lowest BCUT2D eigenvalue weighted by molar-refractivity contribution is -0.133. The Kier molecular flexibility index (Phi) is 4.08. The third-order valence-electron chi connectivity index (χ3n) is 3.85. The monoisotopic (exact) mass is 306 g/mol. The van der Waals surface area contributed by atoms with Crippen molar-refractivity contribution < 1.29 is 19.1 Å². The summed E-state index contributed by atoms with van der Waals surface area (Å²) in [6.45, 7) is 1.09. The maximum atomic E-state index is 12.3. The molecule has 2 saturated heterocycles. The molecule has 2 amide bonds. The molecule has 1 aromatic rings. The second-order valence-corrected chi connectivity index (χ2v) is 5.34. The molecule has 0 aliphatic carbocycles. The Morgan fingerprint density at radius 2 is 2.09 bits per heavy atom. The van der Waals surface area contributed by atoms with Crippen LogP contribution in [0.15, 0.2) is 12.4 Å². The van der Waals surface area contributed by atoms with E-state index in [9.17, 15) is 9.59 Å². The predicted octanol–water partition coefficient (Wildman–Crippen LogP) is -0.256. The fourth-order valence-electron chi connectivity index (χ4n) is 2.74. The van der Waals surface area contributed by atoms with Gasteiger partial charge in [-0.2, -0.15) is 0 Å². The number of ether oxygens (including phenoxy) is 2. The van der Waals surface area contributed by atoms with Crippen molar-refractivity contribution in [2.75, 3.05) is 20.2 Å². The van der Waals surface area contributed by atoms with Crippen LogP contribution in [0.3, 0.4) is 0 Å². The van der Waals surface area contributed by atoms with Gasteiger partial charge in [0, 0.05) is 31.8 Å². The van der Waals surface area contributed by atoms with Crippen molar-refractivity contribution in [3.63, 3.8) is 0 Å². The molecule has 3 rings (SSSR count). The highest BCUT2D eigenvalue weighted by atomic mass is 16.5. The van der Waals surface area contributed by atoms with Crippen LogP contribution in [-0.4, -0.2) is 59.0 Å². The van der Waals surface area contributed by atoms with Crippen LogP contribution < -0.4 is 14.8 Å². The lowest BCUT2D eigenvalue weighted by atomic mass is 10.2. The van der Waals surface area contributed by atoms with Crippen molar-refractivity contribution >= 4 is 11.8 Å². The van der Waals surface area contributed by atoms with Crippen LogP contribution >= 0.6 is 0 Å². The topological polar surface area (TPSA) is 93.7 Å². The molecule has 1 aromatic heterocycles. The maximum Gasteiger partial charge on any atom is 0.278 e. The first-order chi connectivity index (χ1) is 10.7. The van der Waals surface area contributed by atoms with Crippen molar-refractivity contribution in [1.82, 2.24) is 20.2 Å². The molecule has 8 nitrogen and oxygen atoms in total. The lowest BCUT2D eigenvalue weighted by Gasteiger charge is -2.20. The van der Waals surface area contributed by atoms with Gasteiger partial charge in [0.05, 0.1) is 13.7 Å². The average molecular weight is 306 g/mol. The number of amides is 2. The zero-order valence-electron chi connectivity index (χ0n) is 12.3. The zero-order valence-corrected chi connectivity index (χ0v) is 12.3. The lowest BCUT2D eigenvalue weighted by Crippen LogP contribution is -2.44. The Morgan fingerprint density at radius 1 is 1.32 bits per heavy atom. The summed E-state index contributed by atoms with van der Waals surface area (Å²) in [7, 11) is 1.50. The molecule has 2 atom stereocenters. The molecule has 2 aliphatic heterocycles. The number of hydrogen-bond donors (Lipinski definition) is 1. The summed E-state index contributed by atoms with van der Waals surface area (Å²) in [5, 5.41) is 2.70. The summed E-state index contributed by atoms with van der Waals surface area (Å²) in [5.41, 5.74) is 0. The number of methoxy groups -OCH3 is 1. The molecule has 0 saturated carbocycles. The summed E-state index contributed by atoms with van der Waals surface area (Å²) >= 11 is 0. The third kappa shape index (κ3) is 2.95. The number of aromatic nitrogens is 2. The van der Waals surface area contributed by atoms with Gasteiger partial charge in [0.1, 0.15) is 12.1 Å². The molecule has 2 aliphatic rings. The van der Waals surface area contributed by atoms with Gasteiger partial charge in [0.15, 0.2) is 0 Å². The van der Waals surface area contributed by atoms with Crippen LogP contribution in [0.4, 0.5) is 0 Å². The molecular weight excluding hydrogens is 288 g/mol. The first-order valence-corrected chi connectivity index (χ1v) is 7.27. The van der Waals surface area contributed by atoms with E-state index in [4.69, 9.17) is 9.47 Å². The van der Waals surface area contributed by atoms with Crippen molar-refractivity contribution in [1.29, 1.82) is 0 Å². The summed E-state index contributed by atoms with van der Waals surface area (Å²) < 4.78 is 10.9. The van der Waals surface area contributed by atoms with Gasteiger partial charge in [-0.1, -0.05) is 0 Å². The fourth-order valence-corrected chi connectivity index (χ4v) is 2.74. The quantitative estimate of drug-likeness (QED) is 0.824. The second-order valence-electron chi connectivity index (χ2n) is 5.34. The number of likely N-dealkylation sites (tertiary alicyclic amines) is 1. The van der Waals surface area contributed by atoms with E-state index in [1.807, 2.05) is 0 Å². The maximum absolute atomic E-state index is 12.3. The van der Waals surface area contributed by atoms with Gasteiger partial charge in [0.25, 0.3) is 11.8 Å². The third-order valence-corrected chi connectivity index (χ3v) is 3.85. The van der Waals surface area contributed by atoms with E-state index in [1.165, 1.54) is 19.5 Å². The Morgan fingerprint density at radius 3 is 2.77 bits per heavy atom. The van der Waals surface area contributed by atoms with E-state index in [1.54, 1.807) is 4.90 Å². The highest BCUT2D eigenvalue weighted by Gasteiger charge is 2.35. The average Bonchev–Trinajstić information content (AvgIpc) is 3.16.